The third-order valence-electron chi connectivity index (χ3n) is 3.19. The number of carbonyl (C=O) groups excluding carboxylic acids is 1. The van der Waals surface area contributed by atoms with Crippen molar-refractivity contribution < 1.29 is 9.53 Å². The van der Waals surface area contributed by atoms with Gasteiger partial charge in [-0.3, -0.25) is 4.79 Å². The van der Waals surface area contributed by atoms with Gasteiger partial charge in [0.1, 0.15) is 12.8 Å². The molecule has 1 atom stereocenters. The first-order valence-corrected chi connectivity index (χ1v) is 7.97. The van der Waals surface area contributed by atoms with Crippen LogP contribution in [-0.2, 0) is 9.53 Å². The zero-order valence-corrected chi connectivity index (χ0v) is 14.3. The Bertz CT molecular complexity index is 468. The van der Waals surface area contributed by atoms with Crippen LogP contribution in [0.25, 0.3) is 0 Å². The van der Waals surface area contributed by atoms with E-state index in [2.05, 4.69) is 38.2 Å². The Morgan fingerprint density at radius 3 is 2.81 bits per heavy atom. The number of thioether (sulfide) groups is 1. The number of terminal acetylenes is 1. The van der Waals surface area contributed by atoms with Crippen LogP contribution in [0.3, 0.4) is 0 Å². The van der Waals surface area contributed by atoms with Crippen LogP contribution >= 0.6 is 11.8 Å². The average molecular weight is 307 g/mol. The van der Waals surface area contributed by atoms with E-state index in [9.17, 15) is 4.79 Å². The molecule has 3 nitrogen and oxygen atoms in total. The van der Waals surface area contributed by atoms with E-state index in [0.29, 0.717) is 6.54 Å². The van der Waals surface area contributed by atoms with Crippen LogP contribution in [0.1, 0.15) is 40.5 Å². The molecule has 0 radical (unpaired) electrons. The summed E-state index contributed by atoms with van der Waals surface area (Å²) in [5.41, 5.74) is 1.86. The third-order valence-corrected chi connectivity index (χ3v) is 4.23. The van der Waals surface area contributed by atoms with Gasteiger partial charge < -0.3 is 9.64 Å². The topological polar surface area (TPSA) is 29.5 Å². The predicted octanol–water partition coefficient (Wildman–Crippen LogP) is 3.58. The highest BCUT2D eigenvalue weighted by Crippen LogP contribution is 2.34. The number of ether oxygens (including phenoxy) is 1. The lowest BCUT2D eigenvalue weighted by Crippen LogP contribution is -2.40. The van der Waals surface area contributed by atoms with Gasteiger partial charge in [0.25, 0.3) is 0 Å². The Morgan fingerprint density at radius 1 is 1.62 bits per heavy atom. The van der Waals surface area contributed by atoms with Crippen LogP contribution < -0.4 is 0 Å². The van der Waals surface area contributed by atoms with Gasteiger partial charge in [0.05, 0.1) is 0 Å². The quantitative estimate of drug-likeness (QED) is 0.573. The molecule has 0 aromatic rings. The van der Waals surface area contributed by atoms with Crippen molar-refractivity contribution in [1.82, 2.24) is 4.90 Å². The summed E-state index contributed by atoms with van der Waals surface area (Å²) in [5, 5.41) is 0.157. The van der Waals surface area contributed by atoms with Gasteiger partial charge in [-0.05, 0) is 19.8 Å². The molecule has 1 rings (SSSR count). The molecular formula is C17H25NO2S. The van der Waals surface area contributed by atoms with Gasteiger partial charge >= 0.3 is 0 Å². The van der Waals surface area contributed by atoms with E-state index < -0.39 is 0 Å². The number of hydrogen-bond donors (Lipinski definition) is 0. The molecule has 4 heteroatoms. The number of hydrogen-bond acceptors (Lipinski definition) is 4. The fourth-order valence-electron chi connectivity index (χ4n) is 2.29. The molecule has 1 unspecified atom stereocenters. The van der Waals surface area contributed by atoms with Crippen molar-refractivity contribution in [3.63, 3.8) is 0 Å². The summed E-state index contributed by atoms with van der Waals surface area (Å²) in [6.45, 7) is 12.8. The molecule has 0 saturated carbocycles. The maximum absolute atomic E-state index is 12.5. The van der Waals surface area contributed by atoms with E-state index in [0.717, 1.165) is 24.1 Å². The van der Waals surface area contributed by atoms with Crippen molar-refractivity contribution in [3.05, 3.63) is 23.9 Å². The van der Waals surface area contributed by atoms with Crippen LogP contribution in [0, 0.1) is 12.3 Å². The Labute approximate surface area is 132 Å². The summed E-state index contributed by atoms with van der Waals surface area (Å²) in [6, 6.07) is 0. The SMILES string of the molecule is C#CCOC1CCC(C(=O)SC(C)(C)C)=C(C)N1CC=C. The van der Waals surface area contributed by atoms with Gasteiger partial charge in [0.2, 0.25) is 5.12 Å². The second kappa shape index (κ2) is 7.72. The van der Waals surface area contributed by atoms with Crippen LogP contribution in [0.15, 0.2) is 23.9 Å². The summed E-state index contributed by atoms with van der Waals surface area (Å²) in [5.74, 6) is 2.50. The Morgan fingerprint density at radius 2 is 2.29 bits per heavy atom. The summed E-state index contributed by atoms with van der Waals surface area (Å²) in [6.07, 6.45) is 8.52. The molecule has 0 amide bonds. The number of carbonyl (C=O) groups is 1. The van der Waals surface area contributed by atoms with Gasteiger partial charge in [0, 0.05) is 22.6 Å². The van der Waals surface area contributed by atoms with Crippen LogP contribution in [0.4, 0.5) is 0 Å². The molecule has 1 heterocycles. The molecule has 1 aliphatic rings. The fraction of sp³-hybridized carbons (Fsp3) is 0.588. The summed E-state index contributed by atoms with van der Waals surface area (Å²) in [4.78, 5) is 14.5. The smallest absolute Gasteiger partial charge is 0.217 e. The number of rotatable bonds is 5. The molecule has 0 N–H and O–H groups in total. The Hall–Kier alpha value is -1.18. The molecule has 0 bridgehead atoms. The van der Waals surface area contributed by atoms with E-state index in [1.165, 1.54) is 11.8 Å². The minimum atomic E-state index is -0.0789. The first-order valence-electron chi connectivity index (χ1n) is 7.16. The van der Waals surface area contributed by atoms with Gasteiger partial charge in [-0.2, -0.15) is 0 Å². The minimum absolute atomic E-state index is 0.0739. The normalized spacial score (nSPS) is 19.4. The number of nitrogens with zero attached hydrogens (tertiary/aromatic N) is 1. The first kappa shape index (κ1) is 17.9. The van der Waals surface area contributed by atoms with E-state index in [4.69, 9.17) is 11.2 Å². The molecule has 0 spiro atoms. The van der Waals surface area contributed by atoms with Crippen molar-refractivity contribution in [2.75, 3.05) is 13.2 Å². The Kier molecular flexibility index (Phi) is 6.57. The molecule has 116 valence electrons. The van der Waals surface area contributed by atoms with Crippen molar-refractivity contribution in [1.29, 1.82) is 0 Å². The van der Waals surface area contributed by atoms with Crippen molar-refractivity contribution in [3.8, 4) is 12.3 Å². The van der Waals surface area contributed by atoms with E-state index in [1.54, 1.807) is 0 Å². The molecule has 0 saturated heterocycles. The lowest BCUT2D eigenvalue weighted by molar-refractivity contribution is -0.109. The van der Waals surface area contributed by atoms with E-state index in [1.807, 2.05) is 13.0 Å². The van der Waals surface area contributed by atoms with E-state index in [-0.39, 0.29) is 22.7 Å². The lowest BCUT2D eigenvalue weighted by atomic mass is 10.0. The molecule has 0 aliphatic carbocycles. The second-order valence-electron chi connectivity index (χ2n) is 6.02. The molecule has 21 heavy (non-hydrogen) atoms. The highest BCUT2D eigenvalue weighted by Gasteiger charge is 2.30. The molecule has 1 aliphatic heterocycles. The van der Waals surface area contributed by atoms with Gasteiger partial charge in [-0.1, -0.05) is 44.5 Å². The second-order valence-corrected chi connectivity index (χ2v) is 7.82. The minimum Gasteiger partial charge on any atom is -0.346 e. The largest absolute Gasteiger partial charge is 0.346 e. The molecule has 0 aromatic heterocycles. The van der Waals surface area contributed by atoms with Crippen molar-refractivity contribution in [2.45, 2.75) is 51.5 Å². The maximum Gasteiger partial charge on any atom is 0.217 e. The fourth-order valence-corrected chi connectivity index (χ4v) is 3.22. The van der Waals surface area contributed by atoms with Gasteiger partial charge in [0.15, 0.2) is 0 Å². The van der Waals surface area contributed by atoms with Crippen LogP contribution in [0.5, 0.6) is 0 Å². The number of allylic oxidation sites excluding steroid dienone is 1. The molecule has 0 fully saturated rings. The summed E-state index contributed by atoms with van der Waals surface area (Å²) >= 11 is 1.38. The monoisotopic (exact) mass is 307 g/mol. The van der Waals surface area contributed by atoms with Crippen LogP contribution in [-0.4, -0.2) is 34.1 Å². The van der Waals surface area contributed by atoms with Gasteiger partial charge in [-0.15, -0.1) is 13.0 Å². The summed E-state index contributed by atoms with van der Waals surface area (Å²) in [7, 11) is 0. The Balaban J connectivity index is 2.94. The predicted molar refractivity (Wildman–Crippen MR) is 89.8 cm³/mol. The van der Waals surface area contributed by atoms with E-state index >= 15 is 0 Å². The van der Waals surface area contributed by atoms with Crippen molar-refractivity contribution >= 4 is 16.9 Å². The van der Waals surface area contributed by atoms with Gasteiger partial charge in [-0.25, -0.2) is 0 Å². The highest BCUT2D eigenvalue weighted by atomic mass is 32.2. The maximum atomic E-state index is 12.5. The average Bonchev–Trinajstić information content (AvgIpc) is 2.37. The van der Waals surface area contributed by atoms with Crippen LogP contribution in [0.2, 0.25) is 0 Å². The van der Waals surface area contributed by atoms with Crippen molar-refractivity contribution in [2.24, 2.45) is 0 Å². The highest BCUT2D eigenvalue weighted by molar-refractivity contribution is 8.15. The third kappa shape index (κ3) is 5.26. The lowest BCUT2D eigenvalue weighted by Gasteiger charge is -2.38. The standard InChI is InChI=1S/C17H25NO2S/c1-7-11-18-13(3)14(16(19)21-17(4,5)6)9-10-15(18)20-12-8-2/h2,7,15H,1,9-12H2,3-6H3. The first-order chi connectivity index (χ1) is 9.80. The zero-order chi connectivity index (χ0) is 16.0. The molecular weight excluding hydrogens is 282 g/mol. The molecule has 0 aromatic carbocycles. The zero-order valence-electron chi connectivity index (χ0n) is 13.4. The summed E-state index contributed by atoms with van der Waals surface area (Å²) < 4.78 is 5.61.